The molecule has 1 amide bonds. The van der Waals surface area contributed by atoms with Gasteiger partial charge in [-0.3, -0.25) is 9.59 Å². The molecular weight excluding hydrogens is 286 g/mol. The van der Waals surface area contributed by atoms with Gasteiger partial charge in [-0.2, -0.15) is 0 Å². The average Bonchev–Trinajstić information content (AvgIpc) is 2.45. The van der Waals surface area contributed by atoms with Gasteiger partial charge in [0.15, 0.2) is 0 Å². The van der Waals surface area contributed by atoms with Crippen molar-refractivity contribution in [1.82, 2.24) is 5.32 Å². The van der Waals surface area contributed by atoms with Crippen molar-refractivity contribution in [2.24, 2.45) is 0 Å². The first kappa shape index (κ1) is 20.3. The molecule has 0 spiro atoms. The Kier molecular flexibility index (Phi) is 13.8. The summed E-state index contributed by atoms with van der Waals surface area (Å²) in [5, 5.41) is 2.56. The second kappa shape index (κ2) is 14.2. The van der Waals surface area contributed by atoms with Gasteiger partial charge in [0.2, 0.25) is 5.44 Å². The number of likely N-dealkylation sites (N-methyl/N-ethyl adjacent to an activating group) is 1. The molecular formula is C16H31NO3S. The number of carbonyl (C=O) groups is 2. The predicted octanol–water partition coefficient (Wildman–Crippen LogP) is 3.84. The molecule has 0 rings (SSSR count). The van der Waals surface area contributed by atoms with E-state index < -0.39 is 5.44 Å². The molecule has 0 aliphatic carbocycles. The van der Waals surface area contributed by atoms with Crippen LogP contribution in [0, 0.1) is 0 Å². The van der Waals surface area contributed by atoms with E-state index in [1.54, 1.807) is 0 Å². The van der Waals surface area contributed by atoms with Crippen LogP contribution in [0.15, 0.2) is 0 Å². The van der Waals surface area contributed by atoms with Gasteiger partial charge in [-0.05, 0) is 13.3 Å². The summed E-state index contributed by atoms with van der Waals surface area (Å²) in [5.41, 5.74) is -0.990. The molecule has 0 aromatic carbocycles. The molecule has 0 aliphatic heterocycles. The summed E-state index contributed by atoms with van der Waals surface area (Å²) in [7, 11) is 0. The molecule has 4 nitrogen and oxygen atoms in total. The second-order valence-electron chi connectivity index (χ2n) is 5.32. The number of esters is 1. The van der Waals surface area contributed by atoms with Crippen molar-refractivity contribution in [1.29, 1.82) is 0 Å². The summed E-state index contributed by atoms with van der Waals surface area (Å²) in [6.45, 7) is 4.54. The molecule has 1 atom stereocenters. The van der Waals surface area contributed by atoms with Gasteiger partial charge < -0.3 is 10.1 Å². The SMILES string of the molecule is CCCCCCCCCCCC(=O)OC(S)C(=O)NCC. The maximum atomic E-state index is 11.5. The van der Waals surface area contributed by atoms with Gasteiger partial charge >= 0.3 is 5.97 Å². The highest BCUT2D eigenvalue weighted by Crippen LogP contribution is 2.11. The van der Waals surface area contributed by atoms with Crippen molar-refractivity contribution in [3.63, 3.8) is 0 Å². The Hall–Kier alpha value is -0.710. The molecule has 0 saturated heterocycles. The molecule has 21 heavy (non-hydrogen) atoms. The van der Waals surface area contributed by atoms with E-state index in [0.717, 1.165) is 12.8 Å². The summed E-state index contributed by atoms with van der Waals surface area (Å²) in [6, 6.07) is 0. The van der Waals surface area contributed by atoms with Crippen molar-refractivity contribution < 1.29 is 14.3 Å². The second-order valence-corrected chi connectivity index (χ2v) is 5.78. The van der Waals surface area contributed by atoms with Crippen LogP contribution in [0.5, 0.6) is 0 Å². The fourth-order valence-electron chi connectivity index (χ4n) is 2.08. The van der Waals surface area contributed by atoms with Crippen molar-refractivity contribution >= 4 is 24.5 Å². The maximum absolute atomic E-state index is 11.5. The van der Waals surface area contributed by atoms with E-state index in [9.17, 15) is 9.59 Å². The van der Waals surface area contributed by atoms with E-state index >= 15 is 0 Å². The Balaban J connectivity index is 3.43. The van der Waals surface area contributed by atoms with Gasteiger partial charge in [-0.1, -0.05) is 58.3 Å². The zero-order chi connectivity index (χ0) is 15.9. The minimum absolute atomic E-state index is 0.343. The quantitative estimate of drug-likeness (QED) is 0.235. The van der Waals surface area contributed by atoms with Crippen LogP contribution in [0.25, 0.3) is 0 Å². The van der Waals surface area contributed by atoms with Gasteiger partial charge in [0.05, 0.1) is 0 Å². The normalized spacial score (nSPS) is 12.0. The lowest BCUT2D eigenvalue weighted by Gasteiger charge is -2.11. The van der Waals surface area contributed by atoms with E-state index in [4.69, 9.17) is 4.74 Å². The van der Waals surface area contributed by atoms with Crippen LogP contribution in [0.2, 0.25) is 0 Å². The summed E-state index contributed by atoms with van der Waals surface area (Å²) in [4.78, 5) is 22.9. The number of ether oxygens (including phenoxy) is 1. The van der Waals surface area contributed by atoms with Gasteiger partial charge in [0.1, 0.15) is 0 Å². The number of nitrogens with one attached hydrogen (secondary N) is 1. The first-order valence-corrected chi connectivity index (χ1v) is 8.78. The molecule has 0 bridgehead atoms. The monoisotopic (exact) mass is 317 g/mol. The van der Waals surface area contributed by atoms with Gasteiger partial charge in [0, 0.05) is 13.0 Å². The largest absolute Gasteiger partial charge is 0.441 e. The van der Waals surface area contributed by atoms with Crippen LogP contribution in [-0.2, 0) is 14.3 Å². The summed E-state index contributed by atoms with van der Waals surface area (Å²) in [6.07, 6.45) is 11.2. The van der Waals surface area contributed by atoms with Gasteiger partial charge in [-0.15, -0.1) is 12.6 Å². The number of unbranched alkanes of at least 4 members (excludes halogenated alkanes) is 8. The minimum atomic E-state index is -0.990. The third-order valence-corrected chi connectivity index (χ3v) is 3.64. The number of thiol groups is 1. The zero-order valence-corrected chi connectivity index (χ0v) is 14.4. The third-order valence-electron chi connectivity index (χ3n) is 3.30. The van der Waals surface area contributed by atoms with E-state index in [0.29, 0.717) is 13.0 Å². The lowest BCUT2D eigenvalue weighted by atomic mass is 10.1. The van der Waals surface area contributed by atoms with Crippen molar-refractivity contribution in [2.45, 2.75) is 83.5 Å². The summed E-state index contributed by atoms with van der Waals surface area (Å²) in [5.74, 6) is -0.703. The Labute approximate surface area is 134 Å². The Morgan fingerprint density at radius 2 is 1.48 bits per heavy atom. The molecule has 0 heterocycles. The van der Waals surface area contributed by atoms with E-state index in [2.05, 4.69) is 24.9 Å². The molecule has 1 unspecified atom stereocenters. The lowest BCUT2D eigenvalue weighted by Crippen LogP contribution is -2.34. The van der Waals surface area contributed by atoms with E-state index in [-0.39, 0.29) is 11.9 Å². The number of carbonyl (C=O) groups excluding carboxylic acids is 2. The molecule has 0 aromatic heterocycles. The van der Waals surface area contributed by atoms with Crippen LogP contribution in [0.4, 0.5) is 0 Å². The first-order chi connectivity index (χ1) is 10.1. The van der Waals surface area contributed by atoms with Crippen LogP contribution < -0.4 is 5.32 Å². The third kappa shape index (κ3) is 12.7. The standard InChI is InChI=1S/C16H31NO3S/c1-3-5-6-7-8-9-10-11-12-13-14(18)20-16(21)15(19)17-4-2/h16,21H,3-13H2,1-2H3,(H,17,19). The molecule has 0 saturated carbocycles. The first-order valence-electron chi connectivity index (χ1n) is 8.27. The molecule has 5 heteroatoms. The fourth-order valence-corrected chi connectivity index (χ4v) is 2.29. The Morgan fingerprint density at radius 3 is 2.00 bits per heavy atom. The zero-order valence-electron chi connectivity index (χ0n) is 13.5. The number of rotatable bonds is 13. The Morgan fingerprint density at radius 1 is 0.952 bits per heavy atom. The van der Waals surface area contributed by atoms with E-state index in [1.165, 1.54) is 44.9 Å². The predicted molar refractivity (Wildman–Crippen MR) is 89.4 cm³/mol. The van der Waals surface area contributed by atoms with Crippen LogP contribution >= 0.6 is 12.6 Å². The summed E-state index contributed by atoms with van der Waals surface area (Å²) < 4.78 is 4.95. The van der Waals surface area contributed by atoms with Crippen molar-refractivity contribution in [2.75, 3.05) is 6.54 Å². The molecule has 0 aliphatic rings. The number of hydrogen-bond acceptors (Lipinski definition) is 4. The van der Waals surface area contributed by atoms with Crippen molar-refractivity contribution in [3.05, 3.63) is 0 Å². The minimum Gasteiger partial charge on any atom is -0.441 e. The van der Waals surface area contributed by atoms with Crippen LogP contribution in [0.3, 0.4) is 0 Å². The Bertz CT molecular complexity index is 285. The maximum Gasteiger partial charge on any atom is 0.307 e. The van der Waals surface area contributed by atoms with Crippen LogP contribution in [0.1, 0.15) is 78.1 Å². The van der Waals surface area contributed by atoms with E-state index in [1.807, 2.05) is 6.92 Å². The lowest BCUT2D eigenvalue weighted by molar-refractivity contribution is -0.150. The van der Waals surface area contributed by atoms with Gasteiger partial charge in [0.25, 0.3) is 5.91 Å². The summed E-state index contributed by atoms with van der Waals surface area (Å²) >= 11 is 3.96. The van der Waals surface area contributed by atoms with Crippen LogP contribution in [-0.4, -0.2) is 23.9 Å². The van der Waals surface area contributed by atoms with Crippen molar-refractivity contribution in [3.8, 4) is 0 Å². The highest BCUT2D eigenvalue weighted by Gasteiger charge is 2.17. The highest BCUT2D eigenvalue weighted by molar-refractivity contribution is 7.81. The molecule has 0 fully saturated rings. The molecule has 1 N–H and O–H groups in total. The smallest absolute Gasteiger partial charge is 0.307 e. The fraction of sp³-hybridized carbons (Fsp3) is 0.875. The molecule has 0 radical (unpaired) electrons. The molecule has 0 aromatic rings. The highest BCUT2D eigenvalue weighted by atomic mass is 32.1. The molecule has 124 valence electrons. The number of amides is 1. The topological polar surface area (TPSA) is 55.4 Å². The number of hydrogen-bond donors (Lipinski definition) is 2. The average molecular weight is 317 g/mol. The van der Waals surface area contributed by atoms with Gasteiger partial charge in [-0.25, -0.2) is 0 Å².